The Labute approximate surface area is 173 Å². The van der Waals surface area contributed by atoms with E-state index in [0.717, 1.165) is 11.2 Å². The summed E-state index contributed by atoms with van der Waals surface area (Å²) in [5.41, 5.74) is 2.45. The number of benzene rings is 1. The molecule has 3 aromatic rings. The molecule has 1 saturated heterocycles. The Balaban J connectivity index is 1.47. The molecular weight excluding hydrogens is 414 g/mol. The summed E-state index contributed by atoms with van der Waals surface area (Å²) in [6, 6.07) is 8.92. The SMILES string of the molecule is Cc1ccc2nc(COC(=O)[C@@H]3CCCN3S(=O)(=O)c3ccc(Cl)cc3)cn2c1. The van der Waals surface area contributed by atoms with Crippen molar-refractivity contribution < 1.29 is 17.9 Å². The minimum absolute atomic E-state index is 0.00903. The molecule has 1 aliphatic heterocycles. The van der Waals surface area contributed by atoms with Crippen molar-refractivity contribution in [1.82, 2.24) is 13.7 Å². The summed E-state index contributed by atoms with van der Waals surface area (Å²) in [4.78, 5) is 17.2. The van der Waals surface area contributed by atoms with Gasteiger partial charge in [0.1, 0.15) is 18.3 Å². The van der Waals surface area contributed by atoms with Crippen LogP contribution in [0.25, 0.3) is 5.65 Å². The van der Waals surface area contributed by atoms with Crippen LogP contribution >= 0.6 is 11.6 Å². The third-order valence-electron chi connectivity index (χ3n) is 4.91. The fourth-order valence-electron chi connectivity index (χ4n) is 3.47. The maximum Gasteiger partial charge on any atom is 0.324 e. The molecule has 0 aliphatic carbocycles. The van der Waals surface area contributed by atoms with Crippen LogP contribution in [0.3, 0.4) is 0 Å². The molecule has 0 radical (unpaired) electrons. The van der Waals surface area contributed by atoms with Gasteiger partial charge in [-0.2, -0.15) is 4.31 Å². The van der Waals surface area contributed by atoms with Crippen molar-refractivity contribution >= 4 is 33.2 Å². The summed E-state index contributed by atoms with van der Waals surface area (Å²) in [6.45, 7) is 2.25. The average Bonchev–Trinajstić information content (AvgIpc) is 3.33. The van der Waals surface area contributed by atoms with E-state index in [4.69, 9.17) is 16.3 Å². The van der Waals surface area contributed by atoms with Crippen molar-refractivity contribution in [2.45, 2.75) is 37.3 Å². The molecule has 3 heterocycles. The van der Waals surface area contributed by atoms with Crippen LogP contribution in [0.5, 0.6) is 0 Å². The molecule has 0 saturated carbocycles. The second-order valence-corrected chi connectivity index (χ2v) is 9.37. The van der Waals surface area contributed by atoms with Gasteiger partial charge in [0.05, 0.1) is 10.6 Å². The van der Waals surface area contributed by atoms with Gasteiger partial charge < -0.3 is 9.14 Å². The zero-order valence-corrected chi connectivity index (χ0v) is 17.4. The number of hydrogen-bond donors (Lipinski definition) is 0. The van der Waals surface area contributed by atoms with E-state index in [1.54, 1.807) is 6.20 Å². The zero-order valence-electron chi connectivity index (χ0n) is 15.8. The summed E-state index contributed by atoms with van der Waals surface area (Å²) in [6.07, 6.45) is 4.76. The molecule has 0 bridgehead atoms. The van der Waals surface area contributed by atoms with Gasteiger partial charge >= 0.3 is 5.97 Å². The van der Waals surface area contributed by atoms with Crippen molar-refractivity contribution in [2.75, 3.05) is 6.54 Å². The molecule has 1 aliphatic rings. The summed E-state index contributed by atoms with van der Waals surface area (Å²) < 4.78 is 34.4. The van der Waals surface area contributed by atoms with Gasteiger partial charge in [-0.25, -0.2) is 13.4 Å². The lowest BCUT2D eigenvalue weighted by atomic mass is 10.2. The molecule has 9 heteroatoms. The number of carbonyl (C=O) groups excluding carboxylic acids is 1. The van der Waals surface area contributed by atoms with Crippen LogP contribution in [0.4, 0.5) is 0 Å². The maximum atomic E-state index is 12.9. The fraction of sp³-hybridized carbons (Fsp3) is 0.300. The Bertz CT molecular complexity index is 1160. The minimum Gasteiger partial charge on any atom is -0.458 e. The van der Waals surface area contributed by atoms with E-state index in [-0.39, 0.29) is 18.0 Å². The van der Waals surface area contributed by atoms with Crippen LogP contribution in [0.15, 0.2) is 53.7 Å². The first kappa shape index (κ1) is 19.9. The molecule has 1 aromatic carbocycles. The Morgan fingerprint density at radius 1 is 1.21 bits per heavy atom. The van der Waals surface area contributed by atoms with E-state index in [9.17, 15) is 13.2 Å². The number of ether oxygens (including phenoxy) is 1. The lowest BCUT2D eigenvalue weighted by Crippen LogP contribution is -2.41. The standard InChI is InChI=1S/C20H20ClN3O4S/c1-14-4-9-19-22-16(12-23(19)11-14)13-28-20(25)18-3-2-10-24(18)29(26,27)17-7-5-15(21)6-8-17/h4-9,11-12,18H,2-3,10,13H2,1H3/t18-/m0/s1. The Hall–Kier alpha value is -2.42. The third kappa shape index (κ3) is 4.01. The van der Waals surface area contributed by atoms with Crippen molar-refractivity contribution in [3.8, 4) is 0 Å². The van der Waals surface area contributed by atoms with Gasteiger partial charge in [-0.3, -0.25) is 4.79 Å². The highest BCUT2D eigenvalue weighted by Crippen LogP contribution is 2.27. The monoisotopic (exact) mass is 433 g/mol. The first-order valence-corrected chi connectivity index (χ1v) is 11.0. The fourth-order valence-corrected chi connectivity index (χ4v) is 5.24. The van der Waals surface area contributed by atoms with Crippen LogP contribution in [0.2, 0.25) is 5.02 Å². The van der Waals surface area contributed by atoms with Crippen molar-refractivity contribution in [2.24, 2.45) is 0 Å². The number of fused-ring (bicyclic) bond motifs is 1. The first-order chi connectivity index (χ1) is 13.8. The molecule has 0 unspecified atom stereocenters. The normalized spacial score (nSPS) is 17.7. The summed E-state index contributed by atoms with van der Waals surface area (Å²) in [7, 11) is -3.80. The number of carbonyl (C=O) groups is 1. The zero-order chi connectivity index (χ0) is 20.6. The number of pyridine rings is 1. The minimum atomic E-state index is -3.80. The van der Waals surface area contributed by atoms with E-state index in [2.05, 4.69) is 4.98 Å². The molecule has 152 valence electrons. The van der Waals surface area contributed by atoms with Crippen LogP contribution < -0.4 is 0 Å². The summed E-state index contributed by atoms with van der Waals surface area (Å²) in [5, 5.41) is 0.448. The molecule has 1 atom stereocenters. The molecule has 7 nitrogen and oxygen atoms in total. The second kappa shape index (κ2) is 7.78. The van der Waals surface area contributed by atoms with Crippen LogP contribution in [-0.4, -0.2) is 40.7 Å². The third-order valence-corrected chi connectivity index (χ3v) is 7.08. The lowest BCUT2D eigenvalue weighted by Gasteiger charge is -2.22. The van der Waals surface area contributed by atoms with Crippen LogP contribution in [0, 0.1) is 6.92 Å². The summed E-state index contributed by atoms with van der Waals surface area (Å²) in [5.74, 6) is -0.562. The number of aromatic nitrogens is 2. The number of nitrogens with zero attached hydrogens (tertiary/aromatic N) is 3. The van der Waals surface area contributed by atoms with Gasteiger partial charge in [-0.05, 0) is 55.7 Å². The smallest absolute Gasteiger partial charge is 0.324 e. The number of rotatable bonds is 5. The first-order valence-electron chi connectivity index (χ1n) is 9.23. The maximum absolute atomic E-state index is 12.9. The number of imidazole rings is 1. The highest BCUT2D eigenvalue weighted by molar-refractivity contribution is 7.89. The Kier molecular flexibility index (Phi) is 5.33. The van der Waals surface area contributed by atoms with Crippen LogP contribution in [-0.2, 0) is 26.2 Å². The molecule has 0 amide bonds. The molecule has 1 fully saturated rings. The number of sulfonamides is 1. The second-order valence-electron chi connectivity index (χ2n) is 7.04. The number of halogens is 1. The molecule has 4 rings (SSSR count). The summed E-state index contributed by atoms with van der Waals surface area (Å²) >= 11 is 5.85. The van der Waals surface area contributed by atoms with Gasteiger partial charge in [0.2, 0.25) is 10.0 Å². The average molecular weight is 434 g/mol. The topological polar surface area (TPSA) is 81.0 Å². The van der Waals surface area contributed by atoms with E-state index in [1.165, 1.54) is 28.6 Å². The van der Waals surface area contributed by atoms with E-state index in [0.29, 0.717) is 23.6 Å². The van der Waals surface area contributed by atoms with Crippen molar-refractivity contribution in [1.29, 1.82) is 0 Å². The number of hydrogen-bond acceptors (Lipinski definition) is 5. The van der Waals surface area contributed by atoms with Gasteiger partial charge in [0.15, 0.2) is 0 Å². The quantitative estimate of drug-likeness (QED) is 0.577. The molecule has 2 aromatic heterocycles. The van der Waals surface area contributed by atoms with E-state index >= 15 is 0 Å². The van der Waals surface area contributed by atoms with E-state index in [1.807, 2.05) is 29.7 Å². The highest BCUT2D eigenvalue weighted by atomic mass is 35.5. The van der Waals surface area contributed by atoms with Crippen molar-refractivity contribution in [3.63, 3.8) is 0 Å². The molecule has 0 spiro atoms. The highest BCUT2D eigenvalue weighted by Gasteiger charge is 2.40. The Morgan fingerprint density at radius 2 is 1.97 bits per heavy atom. The van der Waals surface area contributed by atoms with E-state index < -0.39 is 22.0 Å². The lowest BCUT2D eigenvalue weighted by molar-refractivity contribution is -0.148. The van der Waals surface area contributed by atoms with Gasteiger partial charge in [-0.1, -0.05) is 17.7 Å². The molecular formula is C20H20ClN3O4S. The van der Waals surface area contributed by atoms with Crippen LogP contribution in [0.1, 0.15) is 24.1 Å². The van der Waals surface area contributed by atoms with Crippen molar-refractivity contribution in [3.05, 3.63) is 65.1 Å². The van der Waals surface area contributed by atoms with Gasteiger partial charge in [0.25, 0.3) is 0 Å². The predicted molar refractivity (Wildman–Crippen MR) is 108 cm³/mol. The largest absolute Gasteiger partial charge is 0.458 e. The number of aryl methyl sites for hydroxylation is 1. The van der Waals surface area contributed by atoms with Gasteiger partial charge in [-0.15, -0.1) is 0 Å². The Morgan fingerprint density at radius 3 is 2.72 bits per heavy atom. The molecule has 0 N–H and O–H groups in total. The molecule has 29 heavy (non-hydrogen) atoms. The predicted octanol–water partition coefficient (Wildman–Crippen LogP) is 3.19. The van der Waals surface area contributed by atoms with Gasteiger partial charge in [0, 0.05) is 24.0 Å². The number of esters is 1.